The number of hydrogen-bond acceptors (Lipinski definition) is 4. The highest BCUT2D eigenvalue weighted by atomic mass is 35.5. The molecular weight excluding hydrogens is 442 g/mol. The first kappa shape index (κ1) is 22.9. The van der Waals surface area contributed by atoms with E-state index < -0.39 is 0 Å². The first-order valence-electron chi connectivity index (χ1n) is 10.9. The van der Waals surface area contributed by atoms with Gasteiger partial charge in [0.2, 0.25) is 5.91 Å². The Bertz CT molecular complexity index is 1050. The van der Waals surface area contributed by atoms with Crippen LogP contribution in [0.25, 0.3) is 0 Å². The van der Waals surface area contributed by atoms with Gasteiger partial charge in [0.15, 0.2) is 5.16 Å². The lowest BCUT2D eigenvalue weighted by atomic mass is 9.99. The van der Waals surface area contributed by atoms with Gasteiger partial charge in [-0.25, -0.2) is 4.98 Å². The lowest BCUT2D eigenvalue weighted by Crippen LogP contribution is -2.30. The fourth-order valence-corrected chi connectivity index (χ4v) is 4.97. The second-order valence-electron chi connectivity index (χ2n) is 8.06. The summed E-state index contributed by atoms with van der Waals surface area (Å²) in [6.07, 6.45) is 2.40. The number of thioether (sulfide) groups is 1. The molecule has 2 heterocycles. The second-order valence-corrected chi connectivity index (χ2v) is 9.44. The molecule has 0 saturated carbocycles. The Kier molecular flexibility index (Phi) is 7.55. The van der Waals surface area contributed by atoms with Gasteiger partial charge >= 0.3 is 0 Å². The van der Waals surface area contributed by atoms with E-state index in [4.69, 9.17) is 21.3 Å². The van der Waals surface area contributed by atoms with Crippen LogP contribution in [-0.4, -0.2) is 33.9 Å². The Labute approximate surface area is 198 Å². The fourth-order valence-electron chi connectivity index (χ4n) is 3.93. The molecule has 0 radical (unpaired) electrons. The summed E-state index contributed by atoms with van der Waals surface area (Å²) in [6, 6.07) is 17.3. The van der Waals surface area contributed by atoms with E-state index in [1.54, 1.807) is 0 Å². The number of imidazole rings is 1. The standard InChI is InChI=1S/C25H28ClN3O2S/c1-17-18(2)29(15-22-9-6-14-31-22)25(27-17)32-16-23(30)28-24(19-7-4-3-5-8-19)20-10-12-21(26)13-11-20/h3-5,7-8,10-13,22,24H,6,9,14-16H2,1-2H3,(H,28,30)/t22-,24-/m0/s1. The van der Waals surface area contributed by atoms with Gasteiger partial charge in [0.05, 0.1) is 30.1 Å². The largest absolute Gasteiger partial charge is 0.376 e. The molecule has 1 saturated heterocycles. The van der Waals surface area contributed by atoms with E-state index in [1.807, 2.05) is 61.5 Å². The Morgan fingerprint density at radius 2 is 1.91 bits per heavy atom. The zero-order chi connectivity index (χ0) is 22.5. The molecule has 7 heteroatoms. The molecule has 2 atom stereocenters. The maximum absolute atomic E-state index is 13.0. The van der Waals surface area contributed by atoms with Crippen LogP contribution in [0.15, 0.2) is 59.8 Å². The van der Waals surface area contributed by atoms with Crippen LogP contribution >= 0.6 is 23.4 Å². The van der Waals surface area contributed by atoms with Gasteiger partial charge in [0, 0.05) is 17.3 Å². The molecule has 1 N–H and O–H groups in total. The van der Waals surface area contributed by atoms with Gasteiger partial charge in [-0.1, -0.05) is 65.8 Å². The molecule has 0 spiro atoms. The molecule has 168 valence electrons. The molecule has 0 bridgehead atoms. The number of nitrogens with one attached hydrogen (secondary N) is 1. The number of rotatable bonds is 8. The molecule has 1 aliphatic heterocycles. The van der Waals surface area contributed by atoms with E-state index in [0.29, 0.717) is 10.8 Å². The van der Waals surface area contributed by atoms with Gasteiger partial charge in [-0.05, 0) is 49.9 Å². The first-order valence-corrected chi connectivity index (χ1v) is 12.3. The smallest absolute Gasteiger partial charge is 0.231 e. The van der Waals surface area contributed by atoms with E-state index in [0.717, 1.165) is 53.7 Å². The van der Waals surface area contributed by atoms with Crippen molar-refractivity contribution in [3.8, 4) is 0 Å². The molecule has 1 aliphatic rings. The van der Waals surface area contributed by atoms with Crippen molar-refractivity contribution >= 4 is 29.3 Å². The zero-order valence-electron chi connectivity index (χ0n) is 18.4. The molecular formula is C25H28ClN3O2S. The van der Waals surface area contributed by atoms with Gasteiger partial charge in [0.1, 0.15) is 0 Å². The number of aryl methyl sites for hydroxylation is 1. The molecule has 32 heavy (non-hydrogen) atoms. The number of aromatic nitrogens is 2. The number of amides is 1. The summed E-state index contributed by atoms with van der Waals surface area (Å²) in [7, 11) is 0. The minimum atomic E-state index is -0.239. The van der Waals surface area contributed by atoms with Crippen molar-refractivity contribution in [1.29, 1.82) is 0 Å². The Balaban J connectivity index is 1.46. The Morgan fingerprint density at radius 3 is 2.59 bits per heavy atom. The van der Waals surface area contributed by atoms with Gasteiger partial charge in [-0.3, -0.25) is 4.79 Å². The number of benzene rings is 2. The highest BCUT2D eigenvalue weighted by Gasteiger charge is 2.22. The van der Waals surface area contributed by atoms with Crippen LogP contribution in [0.5, 0.6) is 0 Å². The van der Waals surface area contributed by atoms with Crippen LogP contribution in [0.3, 0.4) is 0 Å². The fraction of sp³-hybridized carbons (Fsp3) is 0.360. The van der Waals surface area contributed by atoms with Gasteiger partial charge in [0.25, 0.3) is 0 Å². The number of hydrogen-bond donors (Lipinski definition) is 1. The highest BCUT2D eigenvalue weighted by Crippen LogP contribution is 2.26. The zero-order valence-corrected chi connectivity index (χ0v) is 20.0. The van der Waals surface area contributed by atoms with Crippen molar-refractivity contribution in [3.05, 3.63) is 82.1 Å². The third-order valence-corrected chi connectivity index (χ3v) is 7.04. The van der Waals surface area contributed by atoms with Crippen molar-refractivity contribution in [2.45, 2.75) is 50.5 Å². The normalized spacial score (nSPS) is 16.8. The van der Waals surface area contributed by atoms with Gasteiger partial charge < -0.3 is 14.6 Å². The highest BCUT2D eigenvalue weighted by molar-refractivity contribution is 7.99. The quantitative estimate of drug-likeness (QED) is 0.453. The minimum absolute atomic E-state index is 0.0409. The van der Waals surface area contributed by atoms with E-state index in [-0.39, 0.29) is 18.1 Å². The molecule has 4 rings (SSSR count). The van der Waals surface area contributed by atoms with Crippen molar-refractivity contribution in [3.63, 3.8) is 0 Å². The lowest BCUT2D eigenvalue weighted by molar-refractivity contribution is -0.119. The average Bonchev–Trinajstić information content (AvgIpc) is 3.41. The summed E-state index contributed by atoms with van der Waals surface area (Å²) >= 11 is 7.54. The van der Waals surface area contributed by atoms with E-state index >= 15 is 0 Å². The monoisotopic (exact) mass is 469 g/mol. The van der Waals surface area contributed by atoms with E-state index in [9.17, 15) is 4.79 Å². The molecule has 3 aromatic rings. The van der Waals surface area contributed by atoms with Crippen molar-refractivity contribution in [2.24, 2.45) is 0 Å². The van der Waals surface area contributed by atoms with Crippen molar-refractivity contribution in [1.82, 2.24) is 14.9 Å². The summed E-state index contributed by atoms with van der Waals surface area (Å²) in [4.78, 5) is 17.7. The summed E-state index contributed by atoms with van der Waals surface area (Å²) in [5, 5.41) is 4.73. The van der Waals surface area contributed by atoms with Crippen LogP contribution in [0.1, 0.15) is 41.4 Å². The van der Waals surface area contributed by atoms with Crippen LogP contribution in [-0.2, 0) is 16.1 Å². The summed E-state index contributed by atoms with van der Waals surface area (Å²) in [5.41, 5.74) is 4.14. The Morgan fingerprint density at radius 1 is 1.19 bits per heavy atom. The molecule has 0 unspecified atom stereocenters. The van der Waals surface area contributed by atoms with Gasteiger partial charge in [-0.15, -0.1) is 0 Å². The third-order valence-electron chi connectivity index (χ3n) is 5.81. The number of carbonyl (C=O) groups excluding carboxylic acids is 1. The first-order chi connectivity index (χ1) is 15.5. The number of nitrogens with zero attached hydrogens (tertiary/aromatic N) is 2. The summed E-state index contributed by atoms with van der Waals surface area (Å²) in [6.45, 7) is 5.70. The predicted octanol–water partition coefficient (Wildman–Crippen LogP) is 5.33. The molecule has 0 aliphatic carbocycles. The van der Waals surface area contributed by atoms with E-state index in [2.05, 4.69) is 16.8 Å². The second kappa shape index (κ2) is 10.6. The minimum Gasteiger partial charge on any atom is -0.376 e. The molecule has 1 amide bonds. The predicted molar refractivity (Wildman–Crippen MR) is 129 cm³/mol. The number of halogens is 1. The van der Waals surface area contributed by atoms with Gasteiger partial charge in [-0.2, -0.15) is 0 Å². The van der Waals surface area contributed by atoms with Crippen molar-refractivity contribution < 1.29 is 9.53 Å². The topological polar surface area (TPSA) is 56.2 Å². The average molecular weight is 470 g/mol. The van der Waals surface area contributed by atoms with Crippen LogP contribution in [0.4, 0.5) is 0 Å². The third kappa shape index (κ3) is 5.55. The van der Waals surface area contributed by atoms with Crippen LogP contribution in [0.2, 0.25) is 5.02 Å². The number of ether oxygens (including phenoxy) is 1. The SMILES string of the molecule is Cc1nc(SCC(=O)N[C@@H](c2ccccc2)c2ccc(Cl)cc2)n(C[C@@H]2CCCO2)c1C. The molecule has 5 nitrogen and oxygen atoms in total. The molecule has 2 aromatic carbocycles. The number of carbonyl (C=O) groups is 1. The Hall–Kier alpha value is -2.28. The van der Waals surface area contributed by atoms with E-state index in [1.165, 1.54) is 11.8 Å². The molecule has 1 aromatic heterocycles. The van der Waals surface area contributed by atoms with Crippen LogP contribution < -0.4 is 5.32 Å². The summed E-state index contributed by atoms with van der Waals surface area (Å²) < 4.78 is 8.01. The van der Waals surface area contributed by atoms with Crippen LogP contribution in [0, 0.1) is 13.8 Å². The molecule has 1 fully saturated rings. The van der Waals surface area contributed by atoms with Crippen molar-refractivity contribution in [2.75, 3.05) is 12.4 Å². The maximum atomic E-state index is 13.0. The summed E-state index contributed by atoms with van der Waals surface area (Å²) in [5.74, 6) is 0.249. The lowest BCUT2D eigenvalue weighted by Gasteiger charge is -2.20. The maximum Gasteiger partial charge on any atom is 0.231 e.